The molecule has 1 aliphatic carbocycles. The maximum Gasteiger partial charge on any atom is 0.144 e. The average Bonchev–Trinajstić information content (AvgIpc) is 2.16. The molecule has 1 heteroatoms. The molecule has 0 radical (unpaired) electrons. The highest BCUT2D eigenvalue weighted by molar-refractivity contribution is 5.88. The second-order valence-electron chi connectivity index (χ2n) is 5.78. The normalized spacial score (nSPS) is 35.2. The van der Waals surface area contributed by atoms with Gasteiger partial charge in [0.15, 0.2) is 0 Å². The first-order chi connectivity index (χ1) is 7.33. The van der Waals surface area contributed by atoms with Crippen LogP contribution in [0.15, 0.2) is 24.8 Å². The van der Waals surface area contributed by atoms with Gasteiger partial charge in [0, 0.05) is 11.8 Å². The fourth-order valence-corrected chi connectivity index (χ4v) is 2.98. The second kappa shape index (κ2) is 4.57. The number of Topliss-reactive ketones (excluding diaryl/α,β-unsaturated/α-hetero) is 1. The lowest BCUT2D eigenvalue weighted by Crippen LogP contribution is -2.43. The van der Waals surface area contributed by atoms with Crippen molar-refractivity contribution in [3.8, 4) is 0 Å². The molecular formula is C15H24O. The minimum Gasteiger partial charge on any atom is -0.299 e. The summed E-state index contributed by atoms with van der Waals surface area (Å²) in [5, 5.41) is 0. The summed E-state index contributed by atoms with van der Waals surface area (Å²) >= 11 is 0. The first-order valence-electron chi connectivity index (χ1n) is 6.16. The van der Waals surface area contributed by atoms with Crippen LogP contribution in [0.2, 0.25) is 0 Å². The minimum atomic E-state index is -0.0890. The fraction of sp³-hybridized carbons (Fsp3) is 0.667. The number of hydrogen-bond donors (Lipinski definition) is 0. The van der Waals surface area contributed by atoms with E-state index in [2.05, 4.69) is 33.9 Å². The predicted octanol–water partition coefficient (Wildman–Crippen LogP) is 4.01. The quantitative estimate of drug-likeness (QED) is 0.657. The van der Waals surface area contributed by atoms with Crippen molar-refractivity contribution >= 4 is 5.78 Å². The topological polar surface area (TPSA) is 17.1 Å². The Morgan fingerprint density at radius 2 is 2.12 bits per heavy atom. The summed E-state index contributed by atoms with van der Waals surface area (Å²) in [4.78, 5) is 12.5. The molecule has 90 valence electrons. The smallest absolute Gasteiger partial charge is 0.144 e. The van der Waals surface area contributed by atoms with Crippen molar-refractivity contribution in [3.05, 3.63) is 24.8 Å². The monoisotopic (exact) mass is 220 g/mol. The summed E-state index contributed by atoms with van der Waals surface area (Å²) in [6.07, 6.45) is 3.98. The lowest BCUT2D eigenvalue weighted by atomic mass is 9.60. The van der Waals surface area contributed by atoms with Gasteiger partial charge in [-0.1, -0.05) is 39.0 Å². The molecule has 0 spiro atoms. The van der Waals surface area contributed by atoms with Crippen molar-refractivity contribution in [2.45, 2.75) is 40.5 Å². The molecule has 1 aliphatic rings. The average molecular weight is 220 g/mol. The Morgan fingerprint density at radius 3 is 2.50 bits per heavy atom. The maximum absolute atomic E-state index is 12.5. The Morgan fingerprint density at radius 1 is 1.56 bits per heavy atom. The summed E-state index contributed by atoms with van der Waals surface area (Å²) < 4.78 is 0. The molecule has 0 aromatic carbocycles. The van der Waals surface area contributed by atoms with Crippen molar-refractivity contribution in [2.24, 2.45) is 23.2 Å². The van der Waals surface area contributed by atoms with Crippen LogP contribution in [0.3, 0.4) is 0 Å². The molecule has 0 aromatic rings. The van der Waals surface area contributed by atoms with E-state index >= 15 is 0 Å². The molecule has 3 atom stereocenters. The van der Waals surface area contributed by atoms with Crippen molar-refractivity contribution in [2.75, 3.05) is 0 Å². The molecule has 0 N–H and O–H groups in total. The molecule has 0 aromatic heterocycles. The number of rotatable bonds is 3. The third-order valence-corrected chi connectivity index (χ3v) is 4.07. The van der Waals surface area contributed by atoms with E-state index in [1.54, 1.807) is 0 Å². The van der Waals surface area contributed by atoms with E-state index in [4.69, 9.17) is 0 Å². The number of allylic oxidation sites excluding steroid dienone is 2. The Kier molecular flexibility index (Phi) is 3.77. The van der Waals surface area contributed by atoms with E-state index in [1.807, 2.05) is 13.0 Å². The van der Waals surface area contributed by atoms with Crippen molar-refractivity contribution in [1.82, 2.24) is 0 Å². The zero-order valence-corrected chi connectivity index (χ0v) is 11.0. The molecule has 0 saturated heterocycles. The lowest BCUT2D eigenvalue weighted by Gasteiger charge is -2.43. The number of carbonyl (C=O) groups is 1. The largest absolute Gasteiger partial charge is 0.299 e. The van der Waals surface area contributed by atoms with Crippen LogP contribution >= 0.6 is 0 Å². The van der Waals surface area contributed by atoms with Gasteiger partial charge in [0.1, 0.15) is 5.78 Å². The van der Waals surface area contributed by atoms with Crippen molar-refractivity contribution < 1.29 is 4.79 Å². The SMILES string of the molecule is C=C[C@@]1(C)CC[C@H](C(C)C)C(=O)[C@@H]1C(=C)C. The third kappa shape index (κ3) is 2.14. The second-order valence-corrected chi connectivity index (χ2v) is 5.78. The highest BCUT2D eigenvalue weighted by atomic mass is 16.1. The molecule has 0 unspecified atom stereocenters. The van der Waals surface area contributed by atoms with Gasteiger partial charge < -0.3 is 0 Å². The van der Waals surface area contributed by atoms with Crippen LogP contribution in [0.4, 0.5) is 0 Å². The highest BCUT2D eigenvalue weighted by Gasteiger charge is 2.45. The van der Waals surface area contributed by atoms with Crippen LogP contribution in [-0.2, 0) is 4.79 Å². The predicted molar refractivity (Wildman–Crippen MR) is 69.2 cm³/mol. The zero-order chi connectivity index (χ0) is 12.5. The molecule has 1 rings (SSSR count). The summed E-state index contributed by atoms with van der Waals surface area (Å²) in [5.74, 6) is 0.973. The van der Waals surface area contributed by atoms with Gasteiger partial charge in [-0.3, -0.25) is 4.79 Å². The van der Waals surface area contributed by atoms with E-state index in [0.29, 0.717) is 11.7 Å². The number of hydrogen-bond acceptors (Lipinski definition) is 1. The molecule has 0 heterocycles. The Balaban J connectivity index is 3.06. The fourth-order valence-electron chi connectivity index (χ4n) is 2.98. The van der Waals surface area contributed by atoms with Crippen LogP contribution in [0.1, 0.15) is 40.5 Å². The van der Waals surface area contributed by atoms with Crippen molar-refractivity contribution in [3.63, 3.8) is 0 Å². The highest BCUT2D eigenvalue weighted by Crippen LogP contribution is 2.46. The van der Waals surface area contributed by atoms with Gasteiger partial charge >= 0.3 is 0 Å². The molecule has 1 fully saturated rings. The van der Waals surface area contributed by atoms with Gasteiger partial charge in [-0.25, -0.2) is 0 Å². The van der Waals surface area contributed by atoms with E-state index in [0.717, 1.165) is 18.4 Å². The number of carbonyl (C=O) groups excluding carboxylic acids is 1. The molecule has 1 nitrogen and oxygen atoms in total. The van der Waals surface area contributed by atoms with Crippen LogP contribution in [0, 0.1) is 23.2 Å². The van der Waals surface area contributed by atoms with Crippen LogP contribution in [0.25, 0.3) is 0 Å². The van der Waals surface area contributed by atoms with E-state index < -0.39 is 0 Å². The lowest BCUT2D eigenvalue weighted by molar-refractivity contribution is -0.133. The first-order valence-corrected chi connectivity index (χ1v) is 6.16. The Hall–Kier alpha value is -0.850. The van der Waals surface area contributed by atoms with E-state index in [1.165, 1.54) is 0 Å². The number of ketones is 1. The van der Waals surface area contributed by atoms with Crippen molar-refractivity contribution in [1.29, 1.82) is 0 Å². The summed E-state index contributed by atoms with van der Waals surface area (Å²) in [6, 6.07) is 0. The molecule has 0 amide bonds. The van der Waals surface area contributed by atoms with Gasteiger partial charge in [-0.05, 0) is 31.1 Å². The molecule has 16 heavy (non-hydrogen) atoms. The van der Waals surface area contributed by atoms with Crippen LogP contribution in [0.5, 0.6) is 0 Å². The summed E-state index contributed by atoms with van der Waals surface area (Å²) in [5.41, 5.74) is 0.895. The molecule has 1 saturated carbocycles. The first kappa shape index (κ1) is 13.2. The van der Waals surface area contributed by atoms with Gasteiger partial charge in [-0.15, -0.1) is 6.58 Å². The third-order valence-electron chi connectivity index (χ3n) is 4.07. The Labute approximate surface area is 99.6 Å². The van der Waals surface area contributed by atoms with E-state index in [-0.39, 0.29) is 17.3 Å². The Bertz CT molecular complexity index is 313. The minimum absolute atomic E-state index is 0.0360. The van der Waals surface area contributed by atoms with Crippen LogP contribution < -0.4 is 0 Å². The van der Waals surface area contributed by atoms with Crippen LogP contribution in [-0.4, -0.2) is 5.78 Å². The molecule has 0 bridgehead atoms. The van der Waals surface area contributed by atoms with Gasteiger partial charge in [0.2, 0.25) is 0 Å². The summed E-state index contributed by atoms with van der Waals surface area (Å²) in [7, 11) is 0. The van der Waals surface area contributed by atoms with E-state index in [9.17, 15) is 4.79 Å². The summed E-state index contributed by atoms with van der Waals surface area (Å²) in [6.45, 7) is 16.3. The molecular weight excluding hydrogens is 196 g/mol. The zero-order valence-electron chi connectivity index (χ0n) is 11.0. The van der Waals surface area contributed by atoms with Gasteiger partial charge in [0.25, 0.3) is 0 Å². The molecule has 0 aliphatic heterocycles. The maximum atomic E-state index is 12.5. The van der Waals surface area contributed by atoms with Gasteiger partial charge in [0.05, 0.1) is 0 Å². The standard InChI is InChI=1S/C15H24O/c1-7-15(6)9-8-12(10(2)3)14(16)13(15)11(4)5/h7,10,12-13H,1,4,8-9H2,2-3,5-6H3/t12-,13+,15+/m1/s1. The van der Waals surface area contributed by atoms with Gasteiger partial charge in [-0.2, -0.15) is 0 Å².